The van der Waals surface area contributed by atoms with E-state index in [4.69, 9.17) is 26.2 Å². The number of ether oxygens (including phenoxy) is 2. The maximum Gasteiger partial charge on any atom is 0.335 e. The molecule has 0 unspecified atom stereocenters. The average Bonchev–Trinajstić information content (AvgIpc) is 2.89. The lowest BCUT2D eigenvalue weighted by Gasteiger charge is -2.12. The standard InChI is InChI=1S/C12H10ClNO4S/c1-17-10-3-7(12(15)16)2-9(13)11(10)18-5-8-4-14-6-19-8/h2-4,6H,5H2,1H3,(H,15,16). The average molecular weight is 300 g/mol. The third-order valence-electron chi connectivity index (χ3n) is 2.32. The van der Waals surface area contributed by atoms with Crippen LogP contribution in [-0.4, -0.2) is 23.2 Å². The number of carboxylic acid groups (broad SMARTS) is 1. The highest BCUT2D eigenvalue weighted by atomic mass is 35.5. The quantitative estimate of drug-likeness (QED) is 0.919. The Hall–Kier alpha value is -1.79. The molecular formula is C12H10ClNO4S. The second-order valence-corrected chi connectivity index (χ2v) is 4.93. The van der Waals surface area contributed by atoms with Crippen LogP contribution in [-0.2, 0) is 6.61 Å². The fraction of sp³-hybridized carbons (Fsp3) is 0.167. The van der Waals surface area contributed by atoms with E-state index in [0.29, 0.717) is 12.4 Å². The summed E-state index contributed by atoms with van der Waals surface area (Å²) >= 11 is 7.47. The number of thiazole rings is 1. The number of nitrogens with zero attached hydrogens (tertiary/aromatic N) is 1. The van der Waals surface area contributed by atoms with Crippen molar-refractivity contribution >= 4 is 28.9 Å². The molecule has 2 rings (SSSR count). The summed E-state index contributed by atoms with van der Waals surface area (Å²) in [7, 11) is 1.43. The first-order valence-corrected chi connectivity index (χ1v) is 6.48. The minimum Gasteiger partial charge on any atom is -0.493 e. The van der Waals surface area contributed by atoms with Crippen molar-refractivity contribution in [2.75, 3.05) is 7.11 Å². The summed E-state index contributed by atoms with van der Waals surface area (Å²) in [6.45, 7) is 0.299. The van der Waals surface area contributed by atoms with Crippen LogP contribution in [0.2, 0.25) is 5.02 Å². The van der Waals surface area contributed by atoms with Crippen LogP contribution in [0.1, 0.15) is 15.2 Å². The van der Waals surface area contributed by atoms with Crippen LogP contribution in [0.3, 0.4) is 0 Å². The summed E-state index contributed by atoms with van der Waals surface area (Å²) in [4.78, 5) is 15.8. The number of carboxylic acids is 1. The van der Waals surface area contributed by atoms with E-state index in [1.807, 2.05) is 0 Å². The predicted molar refractivity (Wildman–Crippen MR) is 71.4 cm³/mol. The highest BCUT2D eigenvalue weighted by Crippen LogP contribution is 2.37. The van der Waals surface area contributed by atoms with Crippen molar-refractivity contribution in [3.8, 4) is 11.5 Å². The van der Waals surface area contributed by atoms with Crippen LogP contribution in [0.4, 0.5) is 0 Å². The Morgan fingerprint density at radius 2 is 2.32 bits per heavy atom. The summed E-state index contributed by atoms with van der Waals surface area (Å²) in [6, 6.07) is 2.70. The van der Waals surface area contributed by atoms with Crippen molar-refractivity contribution in [1.29, 1.82) is 0 Å². The van der Waals surface area contributed by atoms with Crippen molar-refractivity contribution in [2.45, 2.75) is 6.61 Å². The first kappa shape index (κ1) is 13.6. The van der Waals surface area contributed by atoms with Gasteiger partial charge in [0.15, 0.2) is 11.5 Å². The van der Waals surface area contributed by atoms with Gasteiger partial charge in [-0.2, -0.15) is 0 Å². The number of hydrogen-bond acceptors (Lipinski definition) is 5. The molecule has 1 N–H and O–H groups in total. The van der Waals surface area contributed by atoms with E-state index in [0.717, 1.165) is 4.88 Å². The van der Waals surface area contributed by atoms with E-state index in [1.165, 1.54) is 30.6 Å². The Labute approximate surface area is 118 Å². The summed E-state index contributed by atoms with van der Waals surface area (Å²) < 4.78 is 10.7. The molecule has 5 nitrogen and oxygen atoms in total. The molecular weight excluding hydrogens is 290 g/mol. The maximum absolute atomic E-state index is 10.9. The molecule has 0 saturated heterocycles. The van der Waals surface area contributed by atoms with E-state index in [9.17, 15) is 4.79 Å². The number of aromatic carboxylic acids is 1. The molecule has 1 aromatic carbocycles. The van der Waals surface area contributed by atoms with Crippen LogP contribution in [0.5, 0.6) is 11.5 Å². The topological polar surface area (TPSA) is 68.7 Å². The van der Waals surface area contributed by atoms with Gasteiger partial charge in [0.25, 0.3) is 0 Å². The summed E-state index contributed by atoms with van der Waals surface area (Å²) in [6.07, 6.45) is 1.69. The molecule has 0 fully saturated rings. The van der Waals surface area contributed by atoms with Gasteiger partial charge in [0.05, 0.1) is 28.1 Å². The Bertz CT molecular complexity index is 586. The van der Waals surface area contributed by atoms with Crippen LogP contribution >= 0.6 is 22.9 Å². The second kappa shape index (κ2) is 5.90. The number of rotatable bonds is 5. The van der Waals surface area contributed by atoms with Crippen molar-refractivity contribution in [1.82, 2.24) is 4.98 Å². The lowest BCUT2D eigenvalue weighted by molar-refractivity contribution is 0.0696. The lowest BCUT2D eigenvalue weighted by atomic mass is 10.2. The molecule has 0 aliphatic heterocycles. The molecule has 0 saturated carbocycles. The second-order valence-electron chi connectivity index (χ2n) is 3.55. The fourth-order valence-electron chi connectivity index (χ4n) is 1.44. The highest BCUT2D eigenvalue weighted by molar-refractivity contribution is 7.09. The number of halogens is 1. The highest BCUT2D eigenvalue weighted by Gasteiger charge is 2.15. The zero-order valence-corrected chi connectivity index (χ0v) is 11.5. The molecule has 19 heavy (non-hydrogen) atoms. The van der Waals surface area contributed by atoms with Crippen molar-refractivity contribution in [2.24, 2.45) is 0 Å². The third kappa shape index (κ3) is 3.15. The molecule has 100 valence electrons. The van der Waals surface area contributed by atoms with Gasteiger partial charge in [-0.05, 0) is 12.1 Å². The molecule has 2 aromatic rings. The van der Waals surface area contributed by atoms with E-state index >= 15 is 0 Å². The van der Waals surface area contributed by atoms with Crippen molar-refractivity contribution in [3.05, 3.63) is 39.3 Å². The van der Waals surface area contributed by atoms with Gasteiger partial charge in [0.2, 0.25) is 0 Å². The summed E-state index contributed by atoms with van der Waals surface area (Å²) in [5, 5.41) is 9.13. The molecule has 7 heteroatoms. The number of carbonyl (C=O) groups is 1. The molecule has 0 bridgehead atoms. The molecule has 0 atom stereocenters. The van der Waals surface area contributed by atoms with Crippen LogP contribution < -0.4 is 9.47 Å². The van der Waals surface area contributed by atoms with Gasteiger partial charge in [-0.15, -0.1) is 11.3 Å². The molecule has 0 amide bonds. The zero-order chi connectivity index (χ0) is 13.8. The number of hydrogen-bond donors (Lipinski definition) is 1. The van der Waals surface area contributed by atoms with E-state index in [2.05, 4.69) is 4.98 Å². The molecule has 0 radical (unpaired) electrons. The number of benzene rings is 1. The largest absolute Gasteiger partial charge is 0.493 e. The Morgan fingerprint density at radius 3 is 2.89 bits per heavy atom. The molecule has 1 heterocycles. The summed E-state index contributed by atoms with van der Waals surface area (Å²) in [5.41, 5.74) is 1.75. The van der Waals surface area contributed by atoms with Crippen molar-refractivity contribution < 1.29 is 19.4 Å². The predicted octanol–water partition coefficient (Wildman–Crippen LogP) is 3.08. The van der Waals surface area contributed by atoms with E-state index in [-0.39, 0.29) is 16.3 Å². The molecule has 0 aliphatic rings. The monoisotopic (exact) mass is 299 g/mol. The fourth-order valence-corrected chi connectivity index (χ4v) is 2.21. The molecule has 1 aromatic heterocycles. The molecule has 0 aliphatic carbocycles. The van der Waals surface area contributed by atoms with E-state index in [1.54, 1.807) is 11.7 Å². The van der Waals surface area contributed by atoms with Gasteiger partial charge < -0.3 is 14.6 Å². The summed E-state index contributed by atoms with van der Waals surface area (Å²) in [5.74, 6) is -0.466. The van der Waals surface area contributed by atoms with Gasteiger partial charge in [0.1, 0.15) is 6.61 Å². The Kier molecular flexibility index (Phi) is 4.24. The third-order valence-corrected chi connectivity index (χ3v) is 3.35. The van der Waals surface area contributed by atoms with Gasteiger partial charge in [0, 0.05) is 6.20 Å². The van der Waals surface area contributed by atoms with Crippen molar-refractivity contribution in [3.63, 3.8) is 0 Å². The maximum atomic E-state index is 10.9. The van der Waals surface area contributed by atoms with Crippen LogP contribution in [0.25, 0.3) is 0 Å². The van der Waals surface area contributed by atoms with Crippen LogP contribution in [0, 0.1) is 0 Å². The normalized spacial score (nSPS) is 10.2. The minimum atomic E-state index is -1.07. The number of methoxy groups -OCH3 is 1. The first-order valence-electron chi connectivity index (χ1n) is 5.23. The van der Waals surface area contributed by atoms with E-state index < -0.39 is 5.97 Å². The van der Waals surface area contributed by atoms with Gasteiger partial charge in [-0.1, -0.05) is 11.6 Å². The van der Waals surface area contributed by atoms with Crippen LogP contribution in [0.15, 0.2) is 23.8 Å². The molecule has 0 spiro atoms. The lowest BCUT2D eigenvalue weighted by Crippen LogP contribution is -2.01. The van der Waals surface area contributed by atoms with Gasteiger partial charge >= 0.3 is 5.97 Å². The SMILES string of the molecule is COc1cc(C(=O)O)cc(Cl)c1OCc1cncs1. The van der Waals surface area contributed by atoms with Gasteiger partial charge in [-0.25, -0.2) is 4.79 Å². The first-order chi connectivity index (χ1) is 9.11. The Morgan fingerprint density at radius 1 is 1.53 bits per heavy atom. The Balaban J connectivity index is 2.26. The van der Waals surface area contributed by atoms with Gasteiger partial charge in [-0.3, -0.25) is 4.98 Å². The zero-order valence-electron chi connectivity index (χ0n) is 9.92. The minimum absolute atomic E-state index is 0.0481. The number of aromatic nitrogens is 1. The smallest absolute Gasteiger partial charge is 0.335 e.